The van der Waals surface area contributed by atoms with Gasteiger partial charge in [-0.15, -0.1) is 11.3 Å². The van der Waals surface area contributed by atoms with Crippen molar-refractivity contribution in [3.63, 3.8) is 0 Å². The van der Waals surface area contributed by atoms with E-state index in [1.54, 1.807) is 42.8 Å². The van der Waals surface area contributed by atoms with Gasteiger partial charge in [0.1, 0.15) is 5.69 Å². The molecule has 0 saturated carbocycles. The minimum atomic E-state index is -0.223. The number of rotatable bonds is 5. The lowest BCUT2D eigenvalue weighted by Gasteiger charge is -2.12. The summed E-state index contributed by atoms with van der Waals surface area (Å²) in [5.74, 6) is -0.381. The number of hydrogen-bond donors (Lipinski definition) is 2. The molecule has 0 unspecified atom stereocenters. The maximum absolute atomic E-state index is 12.6. The molecular formula is C22H23N5O2S. The zero-order valence-electron chi connectivity index (χ0n) is 16.9. The molecule has 0 fully saturated rings. The van der Waals surface area contributed by atoms with Crippen molar-refractivity contribution >= 4 is 34.6 Å². The summed E-state index contributed by atoms with van der Waals surface area (Å²) in [6.07, 6.45) is 5.95. The van der Waals surface area contributed by atoms with Crippen LogP contribution >= 0.6 is 11.3 Å². The summed E-state index contributed by atoms with van der Waals surface area (Å²) >= 11 is 1.67. The molecule has 2 aromatic heterocycles. The van der Waals surface area contributed by atoms with Crippen LogP contribution in [-0.2, 0) is 19.9 Å². The van der Waals surface area contributed by atoms with Gasteiger partial charge >= 0.3 is 0 Å². The number of nitrogens with one attached hydrogen (secondary N) is 2. The highest BCUT2D eigenvalue weighted by atomic mass is 32.1. The van der Waals surface area contributed by atoms with Crippen molar-refractivity contribution in [1.29, 1.82) is 0 Å². The number of hydrogen-bond acceptors (Lipinski definition) is 5. The minimum Gasteiger partial charge on any atom is -0.321 e. The molecule has 8 heteroatoms. The molecule has 0 bridgehead atoms. The highest BCUT2D eigenvalue weighted by Gasteiger charge is 2.20. The Hall–Kier alpha value is -3.26. The molecule has 154 valence electrons. The van der Waals surface area contributed by atoms with Gasteiger partial charge in [0.2, 0.25) is 0 Å². The topological polar surface area (TPSA) is 88.4 Å². The maximum atomic E-state index is 12.6. The third-order valence-corrected chi connectivity index (χ3v) is 6.33. The third-order valence-electron chi connectivity index (χ3n) is 5.25. The predicted molar refractivity (Wildman–Crippen MR) is 118 cm³/mol. The molecule has 4 rings (SSSR count). The number of carbonyl (C=O) groups excluding carboxylic acids is 2. The fourth-order valence-corrected chi connectivity index (χ4v) is 4.66. The molecule has 2 heterocycles. The van der Waals surface area contributed by atoms with Crippen LogP contribution in [0.2, 0.25) is 0 Å². The lowest BCUT2D eigenvalue weighted by atomic mass is 9.96. The predicted octanol–water partition coefficient (Wildman–Crippen LogP) is 3.77. The van der Waals surface area contributed by atoms with E-state index in [9.17, 15) is 9.59 Å². The number of hydrazone groups is 1. The Morgan fingerprint density at radius 3 is 2.60 bits per heavy atom. The lowest BCUT2D eigenvalue weighted by molar-refractivity contribution is 0.0953. The lowest BCUT2D eigenvalue weighted by Crippen LogP contribution is -2.20. The molecule has 1 aliphatic carbocycles. The molecule has 2 N–H and O–H groups in total. The van der Waals surface area contributed by atoms with E-state index in [2.05, 4.69) is 20.9 Å². The maximum Gasteiger partial charge on any atom is 0.273 e. The molecule has 2 amide bonds. The van der Waals surface area contributed by atoms with Gasteiger partial charge in [-0.25, -0.2) is 5.43 Å². The molecule has 0 aliphatic heterocycles. The number of benzene rings is 1. The van der Waals surface area contributed by atoms with Gasteiger partial charge in [0, 0.05) is 29.2 Å². The minimum absolute atomic E-state index is 0.159. The van der Waals surface area contributed by atoms with Crippen LogP contribution in [0.15, 0.2) is 47.0 Å². The van der Waals surface area contributed by atoms with Crippen molar-refractivity contribution in [2.45, 2.75) is 32.6 Å². The normalized spacial score (nSPS) is 13.6. The van der Waals surface area contributed by atoms with E-state index in [4.69, 9.17) is 0 Å². The van der Waals surface area contributed by atoms with E-state index in [-0.39, 0.29) is 11.8 Å². The number of carbonyl (C=O) groups is 2. The van der Waals surface area contributed by atoms with E-state index in [0.29, 0.717) is 17.1 Å². The van der Waals surface area contributed by atoms with Gasteiger partial charge in [0.05, 0.1) is 11.3 Å². The number of aromatic nitrogens is 2. The van der Waals surface area contributed by atoms with E-state index < -0.39 is 0 Å². The summed E-state index contributed by atoms with van der Waals surface area (Å²) < 4.78 is 1.52. The smallest absolute Gasteiger partial charge is 0.273 e. The monoisotopic (exact) mass is 421 g/mol. The van der Waals surface area contributed by atoms with Crippen LogP contribution in [0.1, 0.15) is 56.6 Å². The molecule has 1 aromatic carbocycles. The van der Waals surface area contributed by atoms with Gasteiger partial charge in [0.15, 0.2) is 0 Å². The quantitative estimate of drug-likeness (QED) is 0.486. The van der Waals surface area contributed by atoms with E-state index in [1.807, 2.05) is 24.4 Å². The van der Waals surface area contributed by atoms with E-state index in [0.717, 1.165) is 30.4 Å². The van der Waals surface area contributed by atoms with Crippen molar-refractivity contribution in [2.24, 2.45) is 12.1 Å². The fourth-order valence-electron chi connectivity index (χ4n) is 3.53. The first-order chi connectivity index (χ1) is 14.5. The van der Waals surface area contributed by atoms with Crippen LogP contribution in [0.5, 0.6) is 0 Å². The van der Waals surface area contributed by atoms with Crippen LogP contribution in [0.25, 0.3) is 0 Å². The van der Waals surface area contributed by atoms with Gasteiger partial charge in [-0.2, -0.15) is 10.2 Å². The van der Waals surface area contributed by atoms with Crippen molar-refractivity contribution in [2.75, 3.05) is 5.32 Å². The number of nitrogens with zero attached hydrogens (tertiary/aromatic N) is 3. The standard InChI is InChI=1S/C22H23N5O2S/c1-14(25-26-21(28)18-13-30-20-6-4-3-5-17(18)20)15-7-9-16(10-8-15)24-22(29)19-11-12-23-27(19)2/h7-13H,3-6H2,1-2H3,(H,24,29)(H,26,28)/b25-14+. The molecule has 1 aliphatic rings. The molecule has 30 heavy (non-hydrogen) atoms. The Kier molecular flexibility index (Phi) is 5.76. The summed E-state index contributed by atoms with van der Waals surface area (Å²) in [5, 5.41) is 13.0. The molecule has 3 aromatic rings. The van der Waals surface area contributed by atoms with Gasteiger partial charge in [0.25, 0.3) is 11.8 Å². The van der Waals surface area contributed by atoms with Gasteiger partial charge in [-0.3, -0.25) is 14.3 Å². The first kappa shape index (κ1) is 20.0. The Morgan fingerprint density at radius 1 is 1.10 bits per heavy atom. The van der Waals surface area contributed by atoms with Crippen LogP contribution in [-0.4, -0.2) is 27.3 Å². The van der Waals surface area contributed by atoms with Gasteiger partial charge < -0.3 is 5.32 Å². The second-order valence-electron chi connectivity index (χ2n) is 7.27. The Balaban J connectivity index is 1.39. The van der Waals surface area contributed by atoms with Gasteiger partial charge in [-0.1, -0.05) is 12.1 Å². The number of fused-ring (bicyclic) bond motifs is 1. The largest absolute Gasteiger partial charge is 0.321 e. The van der Waals surface area contributed by atoms with Crippen molar-refractivity contribution in [1.82, 2.24) is 15.2 Å². The summed E-state index contributed by atoms with van der Waals surface area (Å²) in [4.78, 5) is 26.2. The van der Waals surface area contributed by atoms with Gasteiger partial charge in [-0.05, 0) is 61.9 Å². The van der Waals surface area contributed by atoms with Crippen LogP contribution < -0.4 is 10.7 Å². The molecule has 0 saturated heterocycles. The highest BCUT2D eigenvalue weighted by molar-refractivity contribution is 7.10. The first-order valence-electron chi connectivity index (χ1n) is 9.86. The molecule has 0 spiro atoms. The average molecular weight is 422 g/mol. The van der Waals surface area contributed by atoms with Crippen molar-refractivity contribution in [3.05, 3.63) is 69.2 Å². The first-order valence-corrected chi connectivity index (χ1v) is 10.7. The number of amides is 2. The number of aryl methyl sites for hydroxylation is 2. The second kappa shape index (κ2) is 8.62. The Labute approximate surface area is 178 Å². The third kappa shape index (κ3) is 4.18. The van der Waals surface area contributed by atoms with E-state index >= 15 is 0 Å². The Morgan fingerprint density at radius 2 is 1.87 bits per heavy atom. The molecule has 0 radical (unpaired) electrons. The van der Waals surface area contributed by atoms with E-state index in [1.165, 1.54) is 21.5 Å². The summed E-state index contributed by atoms with van der Waals surface area (Å²) in [5.41, 5.74) is 7.32. The van der Waals surface area contributed by atoms with Crippen LogP contribution in [0, 0.1) is 0 Å². The number of anilines is 1. The van der Waals surface area contributed by atoms with Crippen molar-refractivity contribution in [3.8, 4) is 0 Å². The molecule has 7 nitrogen and oxygen atoms in total. The zero-order chi connectivity index (χ0) is 21.1. The fraction of sp³-hybridized carbons (Fsp3) is 0.273. The second-order valence-corrected chi connectivity index (χ2v) is 8.23. The Bertz CT molecular complexity index is 1110. The summed E-state index contributed by atoms with van der Waals surface area (Å²) in [6, 6.07) is 8.99. The SMILES string of the molecule is C/C(=N\NC(=O)c1csc2c1CCCC2)c1ccc(NC(=O)c2ccnn2C)cc1. The van der Waals surface area contributed by atoms with Crippen molar-refractivity contribution < 1.29 is 9.59 Å². The highest BCUT2D eigenvalue weighted by Crippen LogP contribution is 2.30. The summed E-state index contributed by atoms with van der Waals surface area (Å²) in [6.45, 7) is 1.84. The number of thiophene rings is 1. The average Bonchev–Trinajstić information content (AvgIpc) is 3.38. The zero-order valence-corrected chi connectivity index (χ0v) is 17.8. The molecule has 0 atom stereocenters. The summed E-state index contributed by atoms with van der Waals surface area (Å²) in [7, 11) is 1.72. The van der Waals surface area contributed by atoms with Crippen LogP contribution in [0.3, 0.4) is 0 Å². The van der Waals surface area contributed by atoms with Crippen LogP contribution in [0.4, 0.5) is 5.69 Å². The molecular weight excluding hydrogens is 398 g/mol.